The number of carbonyl (C=O) groups is 2. The van der Waals surface area contributed by atoms with Crippen LogP contribution in [0.25, 0.3) is 11.0 Å². The second-order valence-corrected chi connectivity index (χ2v) is 14.2. The van der Waals surface area contributed by atoms with Gasteiger partial charge in [-0.3, -0.25) is 4.57 Å². The zero-order chi connectivity index (χ0) is 37.0. The lowest BCUT2D eigenvalue weighted by atomic mass is 10.1. The Hall–Kier alpha value is -3.61. The summed E-state index contributed by atoms with van der Waals surface area (Å²) in [6, 6.07) is 7.13. The molecule has 2 aromatic heterocycles. The lowest BCUT2D eigenvalue weighted by molar-refractivity contribution is -0.129. The number of aliphatic hydroxyl groups excluding tert-OH is 2. The van der Waals surface area contributed by atoms with Gasteiger partial charge in [-0.2, -0.15) is 4.98 Å². The number of nitrogens with zero attached hydrogens (tertiary/aromatic N) is 3. The molecule has 3 heterocycles. The number of nitrogens with one attached hydrogen (secondary N) is 1. The molecular weight excluding hydrogens is 710 g/mol. The van der Waals surface area contributed by atoms with Crippen LogP contribution in [0.5, 0.6) is 0 Å². The molecule has 1 aliphatic rings. The third kappa shape index (κ3) is 9.38. The Bertz CT molecular complexity index is 1660. The molecule has 50 heavy (non-hydrogen) atoms. The van der Waals surface area contributed by atoms with Crippen molar-refractivity contribution in [3.05, 3.63) is 53.2 Å². The van der Waals surface area contributed by atoms with E-state index in [2.05, 4.69) is 15.3 Å². The Morgan fingerprint density at radius 1 is 1.00 bits per heavy atom. The summed E-state index contributed by atoms with van der Waals surface area (Å²) in [5, 5.41) is 22.6. The van der Waals surface area contributed by atoms with Crippen LogP contribution < -0.4 is 5.32 Å². The molecule has 0 amide bonds. The van der Waals surface area contributed by atoms with E-state index in [1.54, 1.807) is 18.2 Å². The predicted molar refractivity (Wildman–Crippen MR) is 173 cm³/mol. The summed E-state index contributed by atoms with van der Waals surface area (Å²) in [4.78, 5) is 53.4. The van der Waals surface area contributed by atoms with E-state index in [1.165, 1.54) is 50.6 Å². The van der Waals surface area contributed by atoms with Gasteiger partial charge in [0.2, 0.25) is 10.6 Å². The van der Waals surface area contributed by atoms with Crippen LogP contribution in [0.3, 0.4) is 0 Å². The molecule has 5 N–H and O–H groups in total. The highest BCUT2D eigenvalue weighted by molar-refractivity contribution is 7.53. The van der Waals surface area contributed by atoms with Crippen LogP contribution >= 0.6 is 19.2 Å². The first-order valence-electron chi connectivity index (χ1n) is 15.3. The van der Waals surface area contributed by atoms with Gasteiger partial charge >= 0.3 is 19.9 Å². The number of hydrogen-bond acceptors (Lipinski definition) is 14. The molecular formula is C30H39ClFN4O13P. The molecule has 3 aromatic rings. The van der Waals surface area contributed by atoms with Gasteiger partial charge in [0.15, 0.2) is 6.23 Å². The van der Waals surface area contributed by atoms with Crippen LogP contribution in [0.1, 0.15) is 52.5 Å². The first-order chi connectivity index (χ1) is 23.4. The molecule has 20 heteroatoms. The third-order valence-electron chi connectivity index (χ3n) is 7.42. The van der Waals surface area contributed by atoms with Crippen molar-refractivity contribution >= 4 is 48.4 Å². The fraction of sp³-hybridized carbons (Fsp3) is 0.533. The number of benzene rings is 1. The van der Waals surface area contributed by atoms with Crippen molar-refractivity contribution in [2.75, 3.05) is 25.1 Å². The van der Waals surface area contributed by atoms with Crippen LogP contribution in [0, 0.1) is 5.82 Å². The first kappa shape index (κ1) is 39.2. The second kappa shape index (κ2) is 16.2. The molecule has 4 rings (SSSR count). The average molecular weight is 749 g/mol. The largest absolute Gasteiger partial charge is 0.508 e. The molecule has 17 nitrogen and oxygen atoms in total. The van der Waals surface area contributed by atoms with Gasteiger partial charge in [-0.25, -0.2) is 19.0 Å². The Morgan fingerprint density at radius 3 is 2.12 bits per heavy atom. The Morgan fingerprint density at radius 2 is 1.58 bits per heavy atom. The fourth-order valence-corrected chi connectivity index (χ4v) is 5.74. The van der Waals surface area contributed by atoms with Crippen molar-refractivity contribution in [2.45, 2.75) is 82.8 Å². The quantitative estimate of drug-likeness (QED) is 0.0890. The first-order valence-corrected chi connectivity index (χ1v) is 17.3. The fourth-order valence-electron chi connectivity index (χ4n) is 4.87. The van der Waals surface area contributed by atoms with Gasteiger partial charge in [-0.1, -0.05) is 12.1 Å². The molecule has 1 aromatic carbocycles. The van der Waals surface area contributed by atoms with E-state index in [0.717, 1.165) is 5.56 Å². The van der Waals surface area contributed by atoms with Gasteiger partial charge in [-0.05, 0) is 70.0 Å². The maximum absolute atomic E-state index is 13.4. The maximum atomic E-state index is 13.4. The minimum absolute atomic E-state index is 0.169. The highest BCUT2D eigenvalue weighted by Crippen LogP contribution is 2.52. The van der Waals surface area contributed by atoms with Crippen molar-refractivity contribution in [1.29, 1.82) is 0 Å². The summed E-state index contributed by atoms with van der Waals surface area (Å²) in [5.74, 6) is -0.0832. The molecule has 0 radical (unpaired) electrons. The van der Waals surface area contributed by atoms with E-state index in [0.29, 0.717) is 11.2 Å². The molecule has 0 spiro atoms. The van der Waals surface area contributed by atoms with Crippen molar-refractivity contribution in [1.82, 2.24) is 14.5 Å². The number of ether oxygens (including phenoxy) is 6. The highest BCUT2D eigenvalue weighted by atomic mass is 35.5. The Balaban J connectivity index is 1.56. The number of anilines is 1. The number of aliphatic hydroxyl groups is 2. The van der Waals surface area contributed by atoms with Gasteiger partial charge < -0.3 is 58.3 Å². The number of rotatable bonds is 14. The summed E-state index contributed by atoms with van der Waals surface area (Å²) in [7, 11) is -5.47. The van der Waals surface area contributed by atoms with Crippen LogP contribution in [-0.2, 0) is 33.0 Å². The third-order valence-corrected chi connectivity index (χ3v) is 9.04. The molecule has 0 bridgehead atoms. The number of aromatic nitrogens is 3. The monoisotopic (exact) mass is 748 g/mol. The van der Waals surface area contributed by atoms with Gasteiger partial charge in [0.25, 0.3) is 0 Å². The van der Waals surface area contributed by atoms with Crippen LogP contribution in [0.4, 0.5) is 19.8 Å². The molecule has 1 saturated heterocycles. The minimum atomic E-state index is -5.47. The standard InChI is InChI=1S/C30H39ClFN4O13P/c1-15(2)47-28(39)44-13-30(50(41,42)43,14-45-29(40)48-16(3)4)46-12-21-22(37)23(38)26(49-21)36-11-10-20-24(34-27(31)35-25(20)36)33-17(5)18-6-8-19(32)9-7-18/h6-11,15-17,21-23,26,37-38H,12-14H2,1-5H3,(H,33,34,35)(H2,41,42,43)/t17-,21+,22+,23+,26+/m0/s1. The van der Waals surface area contributed by atoms with Crippen LogP contribution in [0.15, 0.2) is 36.5 Å². The Kier molecular flexibility index (Phi) is 12.7. The SMILES string of the molecule is CC(C)OC(=O)OCC(COC(=O)OC(C)C)(OC[C@H]1O[C@@H](n2ccc3c(N[C@@H](C)c4ccc(F)cc4)nc(Cl)nc32)[C@H](O)[C@@H]1O)P(=O)(O)O. The molecule has 5 atom stereocenters. The van der Waals surface area contributed by atoms with Crippen molar-refractivity contribution in [2.24, 2.45) is 0 Å². The van der Waals surface area contributed by atoms with E-state index in [9.17, 15) is 38.5 Å². The second-order valence-electron chi connectivity index (χ2n) is 12.0. The van der Waals surface area contributed by atoms with Crippen molar-refractivity contribution in [3.63, 3.8) is 0 Å². The summed E-state index contributed by atoms with van der Waals surface area (Å²) in [5.41, 5.74) is 0.945. The van der Waals surface area contributed by atoms with Gasteiger partial charge in [0, 0.05) is 12.2 Å². The van der Waals surface area contributed by atoms with Gasteiger partial charge in [-0.15, -0.1) is 0 Å². The summed E-state index contributed by atoms with van der Waals surface area (Å²) >= 11 is 6.24. The summed E-state index contributed by atoms with van der Waals surface area (Å²) in [6.45, 7) is 4.76. The zero-order valence-electron chi connectivity index (χ0n) is 27.6. The predicted octanol–water partition coefficient (Wildman–Crippen LogP) is 4.03. The number of hydrogen-bond donors (Lipinski definition) is 5. The number of fused-ring (bicyclic) bond motifs is 1. The number of halogens is 2. The van der Waals surface area contributed by atoms with Crippen molar-refractivity contribution in [3.8, 4) is 0 Å². The molecule has 0 aliphatic carbocycles. The topological polar surface area (TPSA) is 230 Å². The van der Waals surface area contributed by atoms with E-state index >= 15 is 0 Å². The van der Waals surface area contributed by atoms with Gasteiger partial charge in [0.05, 0.1) is 24.2 Å². The minimum Gasteiger partial charge on any atom is -0.432 e. The normalized spacial score (nSPS) is 20.3. The maximum Gasteiger partial charge on any atom is 0.508 e. The molecule has 1 fully saturated rings. The van der Waals surface area contributed by atoms with E-state index in [4.69, 9.17) is 40.0 Å². The van der Waals surface area contributed by atoms with E-state index < -0.39 is 87.6 Å². The average Bonchev–Trinajstić information content (AvgIpc) is 3.55. The highest BCUT2D eigenvalue weighted by Gasteiger charge is 2.54. The zero-order valence-corrected chi connectivity index (χ0v) is 29.3. The van der Waals surface area contributed by atoms with Gasteiger partial charge in [0.1, 0.15) is 48.8 Å². The lowest BCUT2D eigenvalue weighted by Crippen LogP contribution is -2.47. The molecule has 0 unspecified atom stereocenters. The van der Waals surface area contributed by atoms with Crippen LogP contribution in [-0.4, -0.2) is 103 Å². The molecule has 0 saturated carbocycles. The lowest BCUT2D eigenvalue weighted by Gasteiger charge is -2.33. The summed E-state index contributed by atoms with van der Waals surface area (Å²) < 4.78 is 58.7. The molecule has 276 valence electrons. The Labute approximate surface area is 290 Å². The molecule has 1 aliphatic heterocycles. The number of carbonyl (C=O) groups excluding carboxylic acids is 2. The van der Waals surface area contributed by atoms with E-state index in [1.807, 2.05) is 6.92 Å². The van der Waals surface area contributed by atoms with Crippen LogP contribution in [0.2, 0.25) is 5.28 Å². The summed E-state index contributed by atoms with van der Waals surface area (Å²) in [6.07, 6.45) is -8.42. The van der Waals surface area contributed by atoms with Crippen molar-refractivity contribution < 1.29 is 67.0 Å². The van der Waals surface area contributed by atoms with E-state index in [-0.39, 0.29) is 17.0 Å². The smallest absolute Gasteiger partial charge is 0.432 e.